The van der Waals surface area contributed by atoms with Crippen molar-refractivity contribution < 1.29 is 9.90 Å². The highest BCUT2D eigenvalue weighted by atomic mass is 16.3. The Kier molecular flexibility index (Phi) is 5.71. The number of hydrogen-bond acceptors (Lipinski definition) is 3. The monoisotopic (exact) mass is 338 g/mol. The lowest BCUT2D eigenvalue weighted by atomic mass is 10.0. The van der Waals surface area contributed by atoms with Crippen LogP contribution < -0.4 is 5.32 Å². The SMILES string of the molecule is Cc1ccc(C(CNC(=O)Cc2ccc(O)cc2)N2CCCC2)cc1. The van der Waals surface area contributed by atoms with E-state index in [1.165, 1.54) is 24.0 Å². The maximum Gasteiger partial charge on any atom is 0.224 e. The summed E-state index contributed by atoms with van der Waals surface area (Å²) in [7, 11) is 0. The molecule has 1 aliphatic rings. The number of aromatic hydroxyl groups is 1. The fraction of sp³-hybridized carbons (Fsp3) is 0.381. The first-order chi connectivity index (χ1) is 12.1. The van der Waals surface area contributed by atoms with Gasteiger partial charge >= 0.3 is 0 Å². The molecule has 0 bridgehead atoms. The Morgan fingerprint density at radius 2 is 1.72 bits per heavy atom. The fourth-order valence-corrected chi connectivity index (χ4v) is 3.37. The summed E-state index contributed by atoms with van der Waals surface area (Å²) < 4.78 is 0. The first-order valence-corrected chi connectivity index (χ1v) is 8.97. The van der Waals surface area contributed by atoms with E-state index in [4.69, 9.17) is 0 Å². The maximum absolute atomic E-state index is 12.3. The second-order valence-corrected chi connectivity index (χ2v) is 6.82. The Hall–Kier alpha value is -2.33. The van der Waals surface area contributed by atoms with Gasteiger partial charge in [-0.05, 0) is 56.1 Å². The minimum absolute atomic E-state index is 0.0157. The van der Waals surface area contributed by atoms with Crippen molar-refractivity contribution in [3.8, 4) is 5.75 Å². The molecule has 1 atom stereocenters. The number of amides is 1. The van der Waals surface area contributed by atoms with Gasteiger partial charge in [-0.25, -0.2) is 0 Å². The molecular formula is C21H26N2O2. The van der Waals surface area contributed by atoms with Gasteiger partial charge in [0.2, 0.25) is 5.91 Å². The lowest BCUT2D eigenvalue weighted by Crippen LogP contribution is -2.37. The van der Waals surface area contributed by atoms with Crippen LogP contribution in [0.1, 0.15) is 35.6 Å². The normalized spacial score (nSPS) is 15.9. The Morgan fingerprint density at radius 3 is 2.36 bits per heavy atom. The number of benzene rings is 2. The van der Waals surface area contributed by atoms with E-state index in [0.717, 1.165) is 18.7 Å². The average molecular weight is 338 g/mol. The van der Waals surface area contributed by atoms with Gasteiger partial charge in [0.15, 0.2) is 0 Å². The van der Waals surface area contributed by atoms with Gasteiger partial charge in [-0.1, -0.05) is 42.0 Å². The summed E-state index contributed by atoms with van der Waals surface area (Å²) >= 11 is 0. The van der Waals surface area contributed by atoms with Gasteiger partial charge in [-0.3, -0.25) is 9.69 Å². The molecule has 25 heavy (non-hydrogen) atoms. The van der Waals surface area contributed by atoms with E-state index in [-0.39, 0.29) is 17.7 Å². The lowest BCUT2D eigenvalue weighted by Gasteiger charge is -2.28. The molecule has 1 heterocycles. The van der Waals surface area contributed by atoms with Crippen molar-refractivity contribution in [2.75, 3.05) is 19.6 Å². The van der Waals surface area contributed by atoms with Gasteiger partial charge in [0, 0.05) is 6.54 Å². The summed E-state index contributed by atoms with van der Waals surface area (Å²) in [6.07, 6.45) is 2.79. The highest BCUT2D eigenvalue weighted by Crippen LogP contribution is 2.25. The van der Waals surface area contributed by atoms with E-state index in [1.807, 2.05) is 0 Å². The smallest absolute Gasteiger partial charge is 0.224 e. The zero-order valence-corrected chi connectivity index (χ0v) is 14.7. The summed E-state index contributed by atoms with van der Waals surface area (Å²) in [6.45, 7) is 4.90. The van der Waals surface area contributed by atoms with Gasteiger partial charge in [0.05, 0.1) is 12.5 Å². The van der Waals surface area contributed by atoms with Crippen molar-refractivity contribution in [2.24, 2.45) is 0 Å². The van der Waals surface area contributed by atoms with Crippen LogP contribution in [0.4, 0.5) is 0 Å². The van der Waals surface area contributed by atoms with Crippen molar-refractivity contribution in [2.45, 2.75) is 32.2 Å². The average Bonchev–Trinajstić information content (AvgIpc) is 3.13. The highest BCUT2D eigenvalue weighted by Gasteiger charge is 2.23. The molecule has 2 N–H and O–H groups in total. The van der Waals surface area contributed by atoms with Crippen LogP contribution in [0.25, 0.3) is 0 Å². The zero-order valence-electron chi connectivity index (χ0n) is 14.7. The van der Waals surface area contributed by atoms with Crippen molar-refractivity contribution in [3.63, 3.8) is 0 Å². The summed E-state index contributed by atoms with van der Waals surface area (Å²) in [5.41, 5.74) is 3.42. The molecule has 0 aliphatic carbocycles. The van der Waals surface area contributed by atoms with E-state index >= 15 is 0 Å². The summed E-state index contributed by atoms with van der Waals surface area (Å²) in [5.74, 6) is 0.236. The van der Waals surface area contributed by atoms with Crippen LogP contribution in [0.2, 0.25) is 0 Å². The van der Waals surface area contributed by atoms with Crippen LogP contribution in [0, 0.1) is 6.92 Å². The Balaban J connectivity index is 1.62. The van der Waals surface area contributed by atoms with Gasteiger partial charge in [0.25, 0.3) is 0 Å². The molecule has 0 aromatic heterocycles. The standard InChI is InChI=1S/C21H26N2O2/c1-16-4-8-18(9-5-16)20(23-12-2-3-13-23)15-22-21(25)14-17-6-10-19(24)11-7-17/h4-11,20,24H,2-3,12-15H2,1H3,(H,22,25). The largest absolute Gasteiger partial charge is 0.508 e. The van der Waals surface area contributed by atoms with E-state index in [0.29, 0.717) is 13.0 Å². The van der Waals surface area contributed by atoms with Crippen molar-refractivity contribution in [1.29, 1.82) is 0 Å². The van der Waals surface area contributed by atoms with Gasteiger partial charge in [-0.2, -0.15) is 0 Å². The summed E-state index contributed by atoms with van der Waals surface area (Å²) in [5, 5.41) is 12.4. The van der Waals surface area contributed by atoms with Crippen LogP contribution >= 0.6 is 0 Å². The quantitative estimate of drug-likeness (QED) is 0.850. The summed E-state index contributed by atoms with van der Waals surface area (Å²) in [6, 6.07) is 15.6. The number of rotatable bonds is 6. The molecule has 132 valence electrons. The predicted molar refractivity (Wildman–Crippen MR) is 99.5 cm³/mol. The zero-order chi connectivity index (χ0) is 17.6. The number of nitrogens with zero attached hydrogens (tertiary/aromatic N) is 1. The topological polar surface area (TPSA) is 52.6 Å². The molecule has 2 aromatic carbocycles. The lowest BCUT2D eigenvalue weighted by molar-refractivity contribution is -0.120. The predicted octanol–water partition coefficient (Wildman–Crippen LogP) is 3.20. The fourth-order valence-electron chi connectivity index (χ4n) is 3.37. The van der Waals surface area contributed by atoms with Gasteiger partial charge in [-0.15, -0.1) is 0 Å². The highest BCUT2D eigenvalue weighted by molar-refractivity contribution is 5.78. The van der Waals surface area contributed by atoms with Crippen LogP contribution in [0.3, 0.4) is 0 Å². The van der Waals surface area contributed by atoms with Gasteiger partial charge in [0.1, 0.15) is 5.75 Å². The molecule has 4 heteroatoms. The van der Waals surface area contributed by atoms with E-state index in [1.54, 1.807) is 24.3 Å². The molecule has 0 spiro atoms. The van der Waals surface area contributed by atoms with E-state index in [2.05, 4.69) is 41.4 Å². The Morgan fingerprint density at radius 1 is 1.08 bits per heavy atom. The van der Waals surface area contributed by atoms with Crippen LogP contribution in [-0.4, -0.2) is 35.5 Å². The number of aryl methyl sites for hydroxylation is 1. The Bertz CT molecular complexity index is 689. The van der Waals surface area contributed by atoms with E-state index in [9.17, 15) is 9.90 Å². The maximum atomic E-state index is 12.3. The first kappa shape index (κ1) is 17.5. The molecule has 0 radical (unpaired) electrons. The number of phenolic OH excluding ortho intramolecular Hbond substituents is 1. The second-order valence-electron chi connectivity index (χ2n) is 6.82. The molecule has 1 aliphatic heterocycles. The van der Waals surface area contributed by atoms with Crippen LogP contribution in [0.5, 0.6) is 5.75 Å². The van der Waals surface area contributed by atoms with Crippen molar-refractivity contribution >= 4 is 5.91 Å². The Labute approximate surface area is 149 Å². The molecule has 1 amide bonds. The number of carbonyl (C=O) groups is 1. The third kappa shape index (κ3) is 4.83. The molecule has 2 aromatic rings. The number of hydrogen-bond donors (Lipinski definition) is 2. The van der Waals surface area contributed by atoms with E-state index < -0.39 is 0 Å². The second kappa shape index (κ2) is 8.17. The molecule has 1 unspecified atom stereocenters. The third-order valence-corrected chi connectivity index (χ3v) is 4.84. The summed E-state index contributed by atoms with van der Waals surface area (Å²) in [4.78, 5) is 14.8. The molecule has 1 fully saturated rings. The molecule has 0 saturated carbocycles. The van der Waals surface area contributed by atoms with Gasteiger partial charge < -0.3 is 10.4 Å². The minimum atomic E-state index is 0.0157. The molecular weight excluding hydrogens is 312 g/mol. The molecule has 1 saturated heterocycles. The third-order valence-electron chi connectivity index (χ3n) is 4.84. The molecule has 3 rings (SSSR count). The number of nitrogens with one attached hydrogen (secondary N) is 1. The van der Waals surface area contributed by atoms with Crippen molar-refractivity contribution in [3.05, 3.63) is 65.2 Å². The first-order valence-electron chi connectivity index (χ1n) is 8.97. The minimum Gasteiger partial charge on any atom is -0.508 e. The number of likely N-dealkylation sites (tertiary alicyclic amines) is 1. The number of phenols is 1. The number of carbonyl (C=O) groups excluding carboxylic acids is 1. The molecule has 4 nitrogen and oxygen atoms in total. The van der Waals surface area contributed by atoms with Crippen LogP contribution in [0.15, 0.2) is 48.5 Å². The van der Waals surface area contributed by atoms with Crippen LogP contribution in [-0.2, 0) is 11.2 Å². The van der Waals surface area contributed by atoms with Crippen molar-refractivity contribution in [1.82, 2.24) is 10.2 Å².